The average Bonchev–Trinajstić information content (AvgIpc) is 2.90. The maximum Gasteiger partial charge on any atom is 0.163 e. The summed E-state index contributed by atoms with van der Waals surface area (Å²) in [6.07, 6.45) is 3.40. The molecule has 17 heavy (non-hydrogen) atoms. The first-order chi connectivity index (χ1) is 8.45. The fraction of sp³-hybridized carbons (Fsp3) is 0. The molecule has 5 nitrogen and oxygen atoms in total. The van der Waals surface area contributed by atoms with Crippen LogP contribution in [0.25, 0.3) is 22.8 Å². The van der Waals surface area contributed by atoms with Gasteiger partial charge in [0.2, 0.25) is 0 Å². The zero-order valence-corrected chi connectivity index (χ0v) is 8.82. The summed E-state index contributed by atoms with van der Waals surface area (Å²) in [4.78, 5) is 8.43. The molecule has 0 saturated carbocycles. The predicted molar refractivity (Wildman–Crippen MR) is 60.8 cm³/mol. The molecule has 5 heteroatoms. The highest BCUT2D eigenvalue weighted by molar-refractivity contribution is 5.72. The van der Waals surface area contributed by atoms with E-state index >= 15 is 0 Å². The summed E-state index contributed by atoms with van der Waals surface area (Å²) in [5.41, 5.74) is 2.64. The van der Waals surface area contributed by atoms with Gasteiger partial charge in [-0.05, 0) is 34.6 Å². The molecule has 0 aliphatic heterocycles. The lowest BCUT2D eigenvalue weighted by Gasteiger charge is -1.97. The first kappa shape index (κ1) is 9.65. The molecule has 0 N–H and O–H groups in total. The van der Waals surface area contributed by atoms with Crippen LogP contribution in [0.15, 0.2) is 53.4 Å². The van der Waals surface area contributed by atoms with E-state index in [2.05, 4.69) is 20.3 Å². The standard InChI is InChI=1S/C12H8N4O/c1-3-7-13-9(5-1)11-12(16-17-15-11)10-6-2-4-8-14-10/h1-8H. The number of hydrogen-bond acceptors (Lipinski definition) is 5. The molecule has 0 aliphatic rings. The number of pyridine rings is 2. The van der Waals surface area contributed by atoms with Crippen molar-refractivity contribution in [2.24, 2.45) is 0 Å². The Kier molecular flexibility index (Phi) is 2.34. The third kappa shape index (κ3) is 1.78. The van der Waals surface area contributed by atoms with Crippen LogP contribution in [0.2, 0.25) is 0 Å². The summed E-state index contributed by atoms with van der Waals surface area (Å²) >= 11 is 0. The van der Waals surface area contributed by atoms with Crippen molar-refractivity contribution >= 4 is 0 Å². The largest absolute Gasteiger partial charge is 0.254 e. The van der Waals surface area contributed by atoms with Crippen LogP contribution >= 0.6 is 0 Å². The molecule has 0 amide bonds. The molecule has 82 valence electrons. The van der Waals surface area contributed by atoms with E-state index in [-0.39, 0.29) is 0 Å². The summed E-state index contributed by atoms with van der Waals surface area (Å²) in [5, 5.41) is 7.75. The highest BCUT2D eigenvalue weighted by Gasteiger charge is 2.15. The Bertz CT molecular complexity index is 553. The van der Waals surface area contributed by atoms with Gasteiger partial charge in [-0.2, -0.15) is 0 Å². The fourth-order valence-corrected chi connectivity index (χ4v) is 1.53. The number of hydrogen-bond donors (Lipinski definition) is 0. The smallest absolute Gasteiger partial charge is 0.163 e. The van der Waals surface area contributed by atoms with Crippen molar-refractivity contribution in [3.8, 4) is 22.8 Å². The van der Waals surface area contributed by atoms with Crippen molar-refractivity contribution in [3.63, 3.8) is 0 Å². The molecule has 0 saturated heterocycles. The van der Waals surface area contributed by atoms with Crippen LogP contribution in [0.3, 0.4) is 0 Å². The molecule has 0 radical (unpaired) electrons. The van der Waals surface area contributed by atoms with Crippen LogP contribution in [0.5, 0.6) is 0 Å². The zero-order valence-electron chi connectivity index (χ0n) is 8.82. The Balaban J connectivity index is 2.13. The molecule has 0 spiro atoms. The van der Waals surface area contributed by atoms with E-state index in [4.69, 9.17) is 4.63 Å². The van der Waals surface area contributed by atoms with E-state index in [1.165, 1.54) is 0 Å². The molecule has 0 aliphatic carbocycles. The van der Waals surface area contributed by atoms with Gasteiger partial charge >= 0.3 is 0 Å². The lowest BCUT2D eigenvalue weighted by Crippen LogP contribution is -1.88. The van der Waals surface area contributed by atoms with Crippen LogP contribution in [-0.4, -0.2) is 20.3 Å². The minimum absolute atomic E-state index is 0.601. The van der Waals surface area contributed by atoms with Crippen LogP contribution in [0, 0.1) is 0 Å². The van der Waals surface area contributed by atoms with Gasteiger partial charge in [-0.15, -0.1) is 0 Å². The van der Waals surface area contributed by atoms with Crippen LogP contribution in [-0.2, 0) is 0 Å². The van der Waals surface area contributed by atoms with Gasteiger partial charge in [-0.1, -0.05) is 12.1 Å². The normalized spacial score (nSPS) is 10.4. The zero-order chi connectivity index (χ0) is 11.5. The van der Waals surface area contributed by atoms with Gasteiger partial charge in [0, 0.05) is 12.4 Å². The minimum Gasteiger partial charge on any atom is -0.254 e. The highest BCUT2D eigenvalue weighted by atomic mass is 16.6. The van der Waals surface area contributed by atoms with Crippen molar-refractivity contribution in [1.82, 2.24) is 20.3 Å². The molecule has 3 aromatic rings. The third-order valence-electron chi connectivity index (χ3n) is 2.30. The summed E-state index contributed by atoms with van der Waals surface area (Å²) < 4.78 is 4.77. The maximum atomic E-state index is 4.77. The van der Waals surface area contributed by atoms with Crippen molar-refractivity contribution in [3.05, 3.63) is 48.8 Å². The summed E-state index contributed by atoms with van der Waals surface area (Å²) in [5.74, 6) is 0. The Morgan fingerprint density at radius 3 is 1.65 bits per heavy atom. The van der Waals surface area contributed by atoms with Crippen LogP contribution in [0.1, 0.15) is 0 Å². The lowest BCUT2D eigenvalue weighted by atomic mass is 10.2. The molecule has 0 atom stereocenters. The summed E-state index contributed by atoms with van der Waals surface area (Å²) in [6, 6.07) is 11.2. The minimum atomic E-state index is 0.601. The summed E-state index contributed by atoms with van der Waals surface area (Å²) in [7, 11) is 0. The number of rotatable bonds is 2. The van der Waals surface area contributed by atoms with Crippen molar-refractivity contribution in [2.75, 3.05) is 0 Å². The van der Waals surface area contributed by atoms with Gasteiger partial charge in [-0.25, -0.2) is 4.63 Å². The molecule has 0 unspecified atom stereocenters. The predicted octanol–water partition coefficient (Wildman–Crippen LogP) is 2.19. The van der Waals surface area contributed by atoms with E-state index in [1.807, 2.05) is 36.4 Å². The van der Waals surface area contributed by atoms with Gasteiger partial charge in [0.05, 0.1) is 11.4 Å². The van der Waals surface area contributed by atoms with Crippen LogP contribution in [0.4, 0.5) is 0 Å². The Morgan fingerprint density at radius 2 is 1.24 bits per heavy atom. The van der Waals surface area contributed by atoms with Gasteiger partial charge in [0.1, 0.15) is 0 Å². The van der Waals surface area contributed by atoms with Gasteiger partial charge in [0.15, 0.2) is 11.4 Å². The van der Waals surface area contributed by atoms with E-state index in [0.717, 1.165) is 11.4 Å². The van der Waals surface area contributed by atoms with Crippen molar-refractivity contribution in [2.45, 2.75) is 0 Å². The Hall–Kier alpha value is -2.56. The fourth-order valence-electron chi connectivity index (χ4n) is 1.53. The second kappa shape index (κ2) is 4.13. The first-order valence-electron chi connectivity index (χ1n) is 5.10. The Labute approximate surface area is 97.1 Å². The molecular formula is C12H8N4O. The first-order valence-corrected chi connectivity index (χ1v) is 5.10. The quantitative estimate of drug-likeness (QED) is 0.667. The molecule has 3 rings (SSSR count). The highest BCUT2D eigenvalue weighted by Crippen LogP contribution is 2.25. The topological polar surface area (TPSA) is 64.7 Å². The number of aromatic nitrogens is 4. The second-order valence-corrected chi connectivity index (χ2v) is 3.39. The van der Waals surface area contributed by atoms with E-state index in [1.54, 1.807) is 12.4 Å². The van der Waals surface area contributed by atoms with E-state index in [0.29, 0.717) is 11.4 Å². The maximum absolute atomic E-state index is 4.77. The molecule has 0 bridgehead atoms. The molecule has 3 aromatic heterocycles. The summed E-state index contributed by atoms with van der Waals surface area (Å²) in [6.45, 7) is 0. The monoisotopic (exact) mass is 224 g/mol. The van der Waals surface area contributed by atoms with E-state index < -0.39 is 0 Å². The SMILES string of the molecule is c1ccc(-c2nonc2-c2ccccn2)nc1. The van der Waals surface area contributed by atoms with Gasteiger partial charge in [0.25, 0.3) is 0 Å². The van der Waals surface area contributed by atoms with Crippen LogP contribution < -0.4 is 0 Å². The molecule has 0 fully saturated rings. The molecule has 0 aromatic carbocycles. The molecule has 3 heterocycles. The second-order valence-electron chi connectivity index (χ2n) is 3.39. The molecular weight excluding hydrogens is 216 g/mol. The number of nitrogens with zero attached hydrogens (tertiary/aromatic N) is 4. The Morgan fingerprint density at radius 1 is 0.706 bits per heavy atom. The average molecular weight is 224 g/mol. The van der Waals surface area contributed by atoms with Crippen molar-refractivity contribution in [1.29, 1.82) is 0 Å². The third-order valence-corrected chi connectivity index (χ3v) is 2.30. The van der Waals surface area contributed by atoms with Crippen molar-refractivity contribution < 1.29 is 4.63 Å². The van der Waals surface area contributed by atoms with Gasteiger partial charge in [-0.3, -0.25) is 9.97 Å². The van der Waals surface area contributed by atoms with E-state index in [9.17, 15) is 0 Å². The lowest BCUT2D eigenvalue weighted by molar-refractivity contribution is 0.309. The van der Waals surface area contributed by atoms with Gasteiger partial charge < -0.3 is 0 Å².